The highest BCUT2D eigenvalue weighted by Crippen LogP contribution is 2.24. The van der Waals surface area contributed by atoms with E-state index in [9.17, 15) is 4.79 Å². The number of carbonyl (C=O) groups is 1. The SMILES string of the molecule is Nc1cc(C(=O)O)ccc1-c1cnc[nH]1. The van der Waals surface area contributed by atoms with Crippen molar-refractivity contribution in [3.8, 4) is 11.3 Å². The van der Waals surface area contributed by atoms with Crippen LogP contribution in [-0.2, 0) is 0 Å². The number of aromatic carboxylic acids is 1. The van der Waals surface area contributed by atoms with E-state index >= 15 is 0 Å². The summed E-state index contributed by atoms with van der Waals surface area (Å²) >= 11 is 0. The van der Waals surface area contributed by atoms with Crippen molar-refractivity contribution in [1.82, 2.24) is 9.97 Å². The Kier molecular flexibility index (Phi) is 2.13. The zero-order valence-electron chi connectivity index (χ0n) is 7.77. The third-order valence-corrected chi connectivity index (χ3v) is 2.09. The number of aromatic nitrogens is 2. The molecule has 1 heterocycles. The second-order valence-corrected chi connectivity index (χ2v) is 3.07. The van der Waals surface area contributed by atoms with Gasteiger partial charge < -0.3 is 15.8 Å². The molecule has 0 aliphatic rings. The third kappa shape index (κ3) is 1.67. The second kappa shape index (κ2) is 3.45. The molecule has 1 aromatic heterocycles. The highest BCUT2D eigenvalue weighted by atomic mass is 16.4. The number of hydrogen-bond acceptors (Lipinski definition) is 3. The Labute approximate surface area is 85.6 Å². The molecule has 0 saturated carbocycles. The highest BCUT2D eigenvalue weighted by Gasteiger charge is 2.08. The fraction of sp³-hybridized carbons (Fsp3) is 0. The van der Waals surface area contributed by atoms with Gasteiger partial charge in [0.25, 0.3) is 0 Å². The zero-order chi connectivity index (χ0) is 10.8. The van der Waals surface area contributed by atoms with Gasteiger partial charge in [0.15, 0.2) is 0 Å². The summed E-state index contributed by atoms with van der Waals surface area (Å²) in [6.45, 7) is 0. The standard InChI is InChI=1S/C10H9N3O2/c11-8-3-6(10(14)15)1-2-7(8)9-4-12-5-13-9/h1-5H,11H2,(H,12,13)(H,14,15). The molecule has 0 spiro atoms. The molecule has 4 N–H and O–H groups in total. The van der Waals surface area contributed by atoms with Gasteiger partial charge in [-0.25, -0.2) is 9.78 Å². The topological polar surface area (TPSA) is 92.0 Å². The monoisotopic (exact) mass is 203 g/mol. The molecule has 5 heteroatoms. The van der Waals surface area contributed by atoms with Crippen molar-refractivity contribution in [2.45, 2.75) is 0 Å². The van der Waals surface area contributed by atoms with Crippen molar-refractivity contribution < 1.29 is 9.90 Å². The molecule has 0 radical (unpaired) electrons. The number of hydrogen-bond donors (Lipinski definition) is 3. The number of H-pyrrole nitrogens is 1. The lowest BCUT2D eigenvalue weighted by Gasteiger charge is -2.03. The average molecular weight is 203 g/mol. The minimum absolute atomic E-state index is 0.177. The van der Waals surface area contributed by atoms with E-state index in [0.29, 0.717) is 5.69 Å². The van der Waals surface area contributed by atoms with Crippen LogP contribution in [0.3, 0.4) is 0 Å². The van der Waals surface area contributed by atoms with Crippen LogP contribution in [0.5, 0.6) is 0 Å². The number of carboxylic acid groups (broad SMARTS) is 1. The van der Waals surface area contributed by atoms with Crippen LogP contribution in [-0.4, -0.2) is 21.0 Å². The van der Waals surface area contributed by atoms with Crippen LogP contribution in [0, 0.1) is 0 Å². The number of anilines is 1. The highest BCUT2D eigenvalue weighted by molar-refractivity contribution is 5.90. The molecule has 1 aromatic carbocycles. The molecule has 5 nitrogen and oxygen atoms in total. The summed E-state index contributed by atoms with van der Waals surface area (Å²) in [7, 11) is 0. The van der Waals surface area contributed by atoms with Gasteiger partial charge in [0, 0.05) is 11.3 Å². The maximum absolute atomic E-state index is 10.7. The van der Waals surface area contributed by atoms with E-state index in [1.807, 2.05) is 0 Å². The number of nitrogens with one attached hydrogen (secondary N) is 1. The Morgan fingerprint density at radius 3 is 2.80 bits per heavy atom. The molecule has 15 heavy (non-hydrogen) atoms. The summed E-state index contributed by atoms with van der Waals surface area (Å²) in [5.74, 6) is -0.988. The fourth-order valence-corrected chi connectivity index (χ4v) is 1.34. The predicted octanol–water partition coefficient (Wildman–Crippen LogP) is 1.36. The Morgan fingerprint density at radius 1 is 1.47 bits per heavy atom. The molecule has 0 amide bonds. The van der Waals surface area contributed by atoms with Crippen LogP contribution in [0.4, 0.5) is 5.69 Å². The van der Waals surface area contributed by atoms with Gasteiger partial charge in [-0.1, -0.05) is 0 Å². The van der Waals surface area contributed by atoms with Crippen LogP contribution in [0.15, 0.2) is 30.7 Å². The van der Waals surface area contributed by atoms with Crippen molar-refractivity contribution in [3.05, 3.63) is 36.3 Å². The molecule has 0 aliphatic carbocycles. The Balaban J connectivity index is 2.48. The van der Waals surface area contributed by atoms with E-state index in [1.165, 1.54) is 12.1 Å². The second-order valence-electron chi connectivity index (χ2n) is 3.07. The first-order valence-corrected chi connectivity index (χ1v) is 4.30. The summed E-state index contributed by atoms with van der Waals surface area (Å²) in [5.41, 5.74) is 7.85. The van der Waals surface area contributed by atoms with Crippen molar-refractivity contribution in [2.24, 2.45) is 0 Å². The quantitative estimate of drug-likeness (QED) is 0.642. The van der Waals surface area contributed by atoms with Gasteiger partial charge in [0.05, 0.1) is 23.8 Å². The van der Waals surface area contributed by atoms with Gasteiger partial charge in [0.1, 0.15) is 0 Å². The first-order valence-electron chi connectivity index (χ1n) is 4.30. The third-order valence-electron chi connectivity index (χ3n) is 2.09. The van der Waals surface area contributed by atoms with Crippen molar-refractivity contribution in [2.75, 3.05) is 5.73 Å². The Morgan fingerprint density at radius 2 is 2.27 bits per heavy atom. The number of nitrogens with zero attached hydrogens (tertiary/aromatic N) is 1. The van der Waals surface area contributed by atoms with Crippen LogP contribution < -0.4 is 5.73 Å². The van der Waals surface area contributed by atoms with E-state index in [0.717, 1.165) is 11.3 Å². The smallest absolute Gasteiger partial charge is 0.335 e. The lowest BCUT2D eigenvalue weighted by molar-refractivity contribution is 0.0697. The number of benzene rings is 1. The molecule has 2 rings (SSSR count). The number of rotatable bonds is 2. The van der Waals surface area contributed by atoms with Gasteiger partial charge in [-0.2, -0.15) is 0 Å². The maximum Gasteiger partial charge on any atom is 0.335 e. The molecular weight excluding hydrogens is 194 g/mol. The molecule has 76 valence electrons. The molecule has 0 saturated heterocycles. The number of nitrogens with two attached hydrogens (primary N) is 1. The van der Waals surface area contributed by atoms with Crippen LogP contribution in [0.1, 0.15) is 10.4 Å². The number of nitrogen functional groups attached to an aromatic ring is 1. The van der Waals surface area contributed by atoms with Gasteiger partial charge in [-0.15, -0.1) is 0 Å². The Bertz CT molecular complexity index is 491. The van der Waals surface area contributed by atoms with Crippen LogP contribution in [0.2, 0.25) is 0 Å². The van der Waals surface area contributed by atoms with Gasteiger partial charge in [-0.3, -0.25) is 0 Å². The summed E-state index contributed by atoms with van der Waals surface area (Å²) in [5, 5.41) is 8.76. The van der Waals surface area contributed by atoms with Crippen LogP contribution in [0.25, 0.3) is 11.3 Å². The van der Waals surface area contributed by atoms with E-state index in [-0.39, 0.29) is 5.56 Å². The molecule has 0 aliphatic heterocycles. The predicted molar refractivity (Wildman–Crippen MR) is 55.4 cm³/mol. The van der Waals surface area contributed by atoms with E-state index in [2.05, 4.69) is 9.97 Å². The summed E-state index contributed by atoms with van der Waals surface area (Å²) < 4.78 is 0. The van der Waals surface area contributed by atoms with Crippen molar-refractivity contribution >= 4 is 11.7 Å². The van der Waals surface area contributed by atoms with Crippen molar-refractivity contribution in [1.29, 1.82) is 0 Å². The minimum Gasteiger partial charge on any atom is -0.478 e. The number of imidazole rings is 1. The fourth-order valence-electron chi connectivity index (χ4n) is 1.34. The largest absolute Gasteiger partial charge is 0.478 e. The van der Waals surface area contributed by atoms with E-state index in [1.54, 1.807) is 18.6 Å². The summed E-state index contributed by atoms with van der Waals surface area (Å²) in [4.78, 5) is 17.4. The van der Waals surface area contributed by atoms with Gasteiger partial charge in [0.2, 0.25) is 0 Å². The van der Waals surface area contributed by atoms with E-state index in [4.69, 9.17) is 10.8 Å². The van der Waals surface area contributed by atoms with Crippen molar-refractivity contribution in [3.63, 3.8) is 0 Å². The van der Waals surface area contributed by atoms with E-state index < -0.39 is 5.97 Å². The average Bonchev–Trinajstić information content (AvgIpc) is 2.70. The Hall–Kier alpha value is -2.30. The summed E-state index contributed by atoms with van der Waals surface area (Å²) in [6.07, 6.45) is 3.17. The molecule has 0 atom stereocenters. The van der Waals surface area contributed by atoms with Gasteiger partial charge >= 0.3 is 5.97 Å². The molecule has 0 unspecified atom stereocenters. The molecular formula is C10H9N3O2. The first kappa shape index (κ1) is 9.26. The van der Waals surface area contributed by atoms with Gasteiger partial charge in [-0.05, 0) is 18.2 Å². The molecule has 2 aromatic rings. The number of carboxylic acids is 1. The minimum atomic E-state index is -0.988. The zero-order valence-corrected chi connectivity index (χ0v) is 7.77. The number of aromatic amines is 1. The van der Waals surface area contributed by atoms with Crippen LogP contribution >= 0.6 is 0 Å². The molecule has 0 fully saturated rings. The maximum atomic E-state index is 10.7. The summed E-state index contributed by atoms with van der Waals surface area (Å²) in [6, 6.07) is 4.60. The lowest BCUT2D eigenvalue weighted by Crippen LogP contribution is -1.99. The lowest BCUT2D eigenvalue weighted by atomic mass is 10.1. The normalized spacial score (nSPS) is 10.1. The molecule has 0 bridgehead atoms. The first-order chi connectivity index (χ1) is 7.18.